The average molecular weight is 303 g/mol. The minimum Gasteiger partial charge on any atom is -0.478 e. The number of hydrogen-bond donors (Lipinski definition) is 1. The van der Waals surface area contributed by atoms with Crippen LogP contribution in [-0.4, -0.2) is 35.4 Å². The Morgan fingerprint density at radius 2 is 1.86 bits per heavy atom. The molecule has 0 fully saturated rings. The van der Waals surface area contributed by atoms with E-state index >= 15 is 0 Å². The predicted molar refractivity (Wildman–Crippen MR) is 62.3 cm³/mol. The Morgan fingerprint density at radius 1 is 1.29 bits per heavy atom. The van der Waals surface area contributed by atoms with Gasteiger partial charge in [-0.1, -0.05) is 23.3 Å². The van der Waals surface area contributed by atoms with E-state index in [-0.39, 0.29) is 5.56 Å². The molecule has 2 atom stereocenters. The first-order valence-corrected chi connectivity index (χ1v) is 5.37. The molecule has 0 aliphatic rings. The molecule has 112 valence electrons. The van der Waals surface area contributed by atoms with Crippen LogP contribution in [0.15, 0.2) is 35.4 Å². The van der Waals surface area contributed by atoms with Gasteiger partial charge in [0.1, 0.15) is 0 Å². The third-order valence-corrected chi connectivity index (χ3v) is 2.29. The summed E-state index contributed by atoms with van der Waals surface area (Å²) in [6, 6.07) is 3.83. The molecule has 0 saturated carbocycles. The predicted octanol–water partition coefficient (Wildman–Crippen LogP) is 2.54. The van der Waals surface area contributed by atoms with Crippen LogP contribution in [0.25, 0.3) is 10.4 Å². The van der Waals surface area contributed by atoms with Gasteiger partial charge >= 0.3 is 18.1 Å². The van der Waals surface area contributed by atoms with E-state index in [9.17, 15) is 22.8 Å². The molecule has 0 aliphatic carbocycles. The van der Waals surface area contributed by atoms with Crippen LogP contribution < -0.4 is 0 Å². The number of carbonyl (C=O) groups is 2. The number of aliphatic carboxylic acids is 1. The van der Waals surface area contributed by atoms with Crippen LogP contribution in [0.5, 0.6) is 0 Å². The number of carbonyl (C=O) groups excluding carboxylic acids is 1. The van der Waals surface area contributed by atoms with Crippen LogP contribution in [0.4, 0.5) is 13.2 Å². The maximum absolute atomic E-state index is 12.7. The van der Waals surface area contributed by atoms with Crippen molar-refractivity contribution in [3.63, 3.8) is 0 Å². The molecule has 1 rings (SSSR count). The van der Waals surface area contributed by atoms with Crippen molar-refractivity contribution < 1.29 is 32.6 Å². The van der Waals surface area contributed by atoms with Crippen LogP contribution >= 0.6 is 0 Å². The Kier molecular flexibility index (Phi) is 5.14. The van der Waals surface area contributed by atoms with Crippen LogP contribution in [0.1, 0.15) is 10.4 Å². The maximum Gasteiger partial charge on any atom is 0.401 e. The summed E-state index contributed by atoms with van der Waals surface area (Å²) in [6.07, 6.45) is -7.85. The molecular formula is C11H8F3N3O4. The van der Waals surface area contributed by atoms with E-state index in [1.807, 2.05) is 4.91 Å². The topological polar surface area (TPSA) is 112 Å². The number of nitrogens with zero attached hydrogens (tertiary/aromatic N) is 3. The number of hydrogen-bond acceptors (Lipinski definition) is 4. The number of carboxylic acid groups (broad SMARTS) is 1. The quantitative estimate of drug-likeness (QED) is 0.389. The first-order valence-electron chi connectivity index (χ1n) is 5.37. The summed E-state index contributed by atoms with van der Waals surface area (Å²) in [7, 11) is 0. The Balaban J connectivity index is 3.04. The van der Waals surface area contributed by atoms with Crippen LogP contribution in [0.3, 0.4) is 0 Å². The van der Waals surface area contributed by atoms with Crippen molar-refractivity contribution in [1.29, 1.82) is 0 Å². The first-order chi connectivity index (χ1) is 9.77. The van der Waals surface area contributed by atoms with E-state index in [0.29, 0.717) is 0 Å². The van der Waals surface area contributed by atoms with Gasteiger partial charge < -0.3 is 9.84 Å². The van der Waals surface area contributed by atoms with E-state index in [4.69, 9.17) is 10.6 Å². The van der Waals surface area contributed by atoms with Gasteiger partial charge in [-0.25, -0.2) is 9.59 Å². The number of azide groups is 1. The van der Waals surface area contributed by atoms with Gasteiger partial charge in [0.05, 0.1) is 5.56 Å². The number of alkyl halides is 3. The molecule has 0 unspecified atom stereocenters. The summed E-state index contributed by atoms with van der Waals surface area (Å²) in [4.78, 5) is 24.4. The normalized spacial score (nSPS) is 13.7. The zero-order chi connectivity index (χ0) is 16.0. The van der Waals surface area contributed by atoms with Gasteiger partial charge in [0.15, 0.2) is 6.04 Å². The highest BCUT2D eigenvalue weighted by atomic mass is 19.4. The summed E-state index contributed by atoms with van der Waals surface area (Å²) in [5, 5.41) is 11.1. The zero-order valence-corrected chi connectivity index (χ0v) is 10.2. The number of esters is 1. The highest BCUT2D eigenvalue weighted by Gasteiger charge is 2.49. The molecule has 0 aromatic heterocycles. The number of carboxylic acids is 1. The van der Waals surface area contributed by atoms with E-state index in [0.717, 1.165) is 0 Å². The summed E-state index contributed by atoms with van der Waals surface area (Å²) >= 11 is 0. The second-order valence-electron chi connectivity index (χ2n) is 3.72. The lowest BCUT2D eigenvalue weighted by Crippen LogP contribution is -2.45. The zero-order valence-electron chi connectivity index (χ0n) is 10.2. The summed E-state index contributed by atoms with van der Waals surface area (Å²) in [5.74, 6) is -3.35. The van der Waals surface area contributed by atoms with E-state index in [1.165, 1.54) is 24.3 Å². The van der Waals surface area contributed by atoms with Gasteiger partial charge in [-0.3, -0.25) is 0 Å². The molecule has 1 aromatic carbocycles. The molecule has 1 N–H and O–H groups in total. The smallest absolute Gasteiger partial charge is 0.401 e. The first kappa shape index (κ1) is 16.3. The molecule has 21 heavy (non-hydrogen) atoms. The van der Waals surface area contributed by atoms with Crippen molar-refractivity contribution in [3.8, 4) is 0 Å². The standard InChI is InChI=1S/C11H8F3N3O4/c12-11(13,14)8(16-17-15)7(9(18)19)21-10(20)6-4-2-1-3-5-6/h1-5,7-8H,(H,18,19)/t7-,8-/m1/s1. The lowest BCUT2D eigenvalue weighted by Gasteiger charge is -2.22. The minimum atomic E-state index is -5.17. The van der Waals surface area contributed by atoms with Crippen LogP contribution in [-0.2, 0) is 9.53 Å². The fourth-order valence-corrected chi connectivity index (χ4v) is 1.36. The number of benzene rings is 1. The van der Waals surface area contributed by atoms with Crippen molar-refractivity contribution >= 4 is 11.9 Å². The highest BCUT2D eigenvalue weighted by Crippen LogP contribution is 2.27. The van der Waals surface area contributed by atoms with Gasteiger partial charge in [0.25, 0.3) is 0 Å². The molecule has 0 amide bonds. The summed E-state index contributed by atoms with van der Waals surface area (Å²) in [6.45, 7) is 0. The Hall–Kier alpha value is -2.74. The third-order valence-electron chi connectivity index (χ3n) is 2.29. The second-order valence-corrected chi connectivity index (χ2v) is 3.72. The lowest BCUT2D eigenvalue weighted by molar-refractivity contribution is -0.183. The Morgan fingerprint density at radius 3 is 2.29 bits per heavy atom. The van der Waals surface area contributed by atoms with Gasteiger partial charge in [-0.05, 0) is 17.7 Å². The van der Waals surface area contributed by atoms with Crippen LogP contribution in [0.2, 0.25) is 0 Å². The van der Waals surface area contributed by atoms with Crippen LogP contribution in [0, 0.1) is 0 Å². The van der Waals surface area contributed by atoms with E-state index in [2.05, 4.69) is 9.85 Å². The monoisotopic (exact) mass is 303 g/mol. The van der Waals surface area contributed by atoms with Crippen molar-refractivity contribution in [1.82, 2.24) is 0 Å². The van der Waals surface area contributed by atoms with E-state index < -0.39 is 30.3 Å². The lowest BCUT2D eigenvalue weighted by atomic mass is 10.1. The van der Waals surface area contributed by atoms with Crippen molar-refractivity contribution in [2.75, 3.05) is 0 Å². The molecule has 1 aromatic rings. The highest BCUT2D eigenvalue weighted by molar-refractivity contribution is 5.91. The number of ether oxygens (including phenoxy) is 1. The van der Waals surface area contributed by atoms with Gasteiger partial charge in [0, 0.05) is 4.91 Å². The van der Waals surface area contributed by atoms with Crippen molar-refractivity contribution in [2.45, 2.75) is 18.3 Å². The molecule has 0 aliphatic heterocycles. The molecule has 10 heteroatoms. The number of rotatable bonds is 5. The molecule has 0 heterocycles. The summed E-state index contributed by atoms with van der Waals surface area (Å²) in [5.41, 5.74) is 7.97. The fraction of sp³-hybridized carbons (Fsp3) is 0.273. The molecular weight excluding hydrogens is 295 g/mol. The third kappa shape index (κ3) is 4.39. The second kappa shape index (κ2) is 6.62. The number of halogens is 3. The fourth-order valence-electron chi connectivity index (χ4n) is 1.36. The van der Waals surface area contributed by atoms with E-state index in [1.54, 1.807) is 6.07 Å². The largest absolute Gasteiger partial charge is 0.478 e. The minimum absolute atomic E-state index is 0.134. The van der Waals surface area contributed by atoms with Gasteiger partial charge in [-0.2, -0.15) is 13.2 Å². The van der Waals surface area contributed by atoms with Gasteiger partial charge in [0.2, 0.25) is 6.10 Å². The molecule has 0 bridgehead atoms. The molecule has 0 spiro atoms. The Bertz CT molecular complexity index is 570. The van der Waals surface area contributed by atoms with Gasteiger partial charge in [-0.15, -0.1) is 0 Å². The molecule has 7 nitrogen and oxygen atoms in total. The Labute approximate surface area is 115 Å². The van der Waals surface area contributed by atoms with Crippen molar-refractivity contribution in [2.24, 2.45) is 5.11 Å². The summed E-state index contributed by atoms with van der Waals surface area (Å²) < 4.78 is 42.3. The SMILES string of the molecule is [N-]=[N+]=N[C@H]([C@@H](OC(=O)c1ccccc1)C(=O)O)C(F)(F)F. The molecule has 0 saturated heterocycles. The molecule has 0 radical (unpaired) electrons. The van der Waals surface area contributed by atoms with Crippen molar-refractivity contribution in [3.05, 3.63) is 46.3 Å². The average Bonchev–Trinajstić information content (AvgIpc) is 2.42. The maximum atomic E-state index is 12.7.